The SMILES string of the molecule is Cc1ccccc1NC(=O)CSCc1nc(-c2cccs2)no1. The number of aromatic nitrogens is 2. The number of carbonyl (C=O) groups is 1. The van der Waals surface area contributed by atoms with Gasteiger partial charge >= 0.3 is 0 Å². The fourth-order valence-electron chi connectivity index (χ4n) is 1.95. The van der Waals surface area contributed by atoms with Crippen LogP contribution in [0.15, 0.2) is 46.3 Å². The van der Waals surface area contributed by atoms with Crippen molar-refractivity contribution in [2.75, 3.05) is 11.1 Å². The van der Waals surface area contributed by atoms with E-state index >= 15 is 0 Å². The lowest BCUT2D eigenvalue weighted by Gasteiger charge is -2.07. The molecule has 0 saturated heterocycles. The van der Waals surface area contributed by atoms with Crippen LogP contribution in [0, 0.1) is 6.92 Å². The third-order valence-electron chi connectivity index (χ3n) is 3.09. The summed E-state index contributed by atoms with van der Waals surface area (Å²) in [4.78, 5) is 17.3. The van der Waals surface area contributed by atoms with Crippen LogP contribution in [-0.2, 0) is 10.5 Å². The second kappa shape index (κ2) is 7.43. The molecule has 0 aliphatic rings. The molecule has 3 aromatic rings. The molecule has 0 fully saturated rings. The number of para-hydroxylation sites is 1. The highest BCUT2D eigenvalue weighted by molar-refractivity contribution is 7.99. The Morgan fingerprint density at radius 3 is 2.96 bits per heavy atom. The molecule has 0 aliphatic carbocycles. The van der Waals surface area contributed by atoms with Crippen molar-refractivity contribution < 1.29 is 9.32 Å². The summed E-state index contributed by atoms with van der Waals surface area (Å²) < 4.78 is 5.20. The first-order chi connectivity index (χ1) is 11.2. The average molecular weight is 345 g/mol. The summed E-state index contributed by atoms with van der Waals surface area (Å²) in [5.74, 6) is 1.94. The molecule has 7 heteroatoms. The number of hydrogen-bond acceptors (Lipinski definition) is 6. The fraction of sp³-hybridized carbons (Fsp3) is 0.188. The predicted molar refractivity (Wildman–Crippen MR) is 93.6 cm³/mol. The number of aryl methyl sites for hydroxylation is 1. The minimum atomic E-state index is -0.0395. The van der Waals surface area contributed by atoms with Crippen molar-refractivity contribution in [3.8, 4) is 10.7 Å². The Labute approximate surface area is 142 Å². The maximum absolute atomic E-state index is 11.9. The molecule has 0 saturated carbocycles. The van der Waals surface area contributed by atoms with Gasteiger partial charge in [0.1, 0.15) is 0 Å². The van der Waals surface area contributed by atoms with Crippen LogP contribution in [-0.4, -0.2) is 21.8 Å². The number of anilines is 1. The average Bonchev–Trinajstić information content (AvgIpc) is 3.20. The summed E-state index contributed by atoms with van der Waals surface area (Å²) in [6.07, 6.45) is 0. The zero-order valence-corrected chi connectivity index (χ0v) is 14.1. The molecular formula is C16H15N3O2S2. The van der Waals surface area contributed by atoms with E-state index in [4.69, 9.17) is 4.52 Å². The standard InChI is InChI=1S/C16H15N3O2S2/c1-11-5-2-3-6-12(11)17-14(20)9-22-10-15-18-16(19-21-15)13-7-4-8-23-13/h2-8H,9-10H2,1H3,(H,17,20). The van der Waals surface area contributed by atoms with Crippen LogP contribution in [0.4, 0.5) is 5.69 Å². The van der Waals surface area contributed by atoms with Gasteiger partial charge in [-0.3, -0.25) is 4.79 Å². The number of rotatable bonds is 6. The quantitative estimate of drug-likeness (QED) is 0.732. The van der Waals surface area contributed by atoms with Gasteiger partial charge in [0.05, 0.1) is 16.4 Å². The molecule has 23 heavy (non-hydrogen) atoms. The Morgan fingerprint density at radius 1 is 1.30 bits per heavy atom. The van der Waals surface area contributed by atoms with Gasteiger partial charge in [0.25, 0.3) is 0 Å². The number of hydrogen-bond donors (Lipinski definition) is 1. The number of thioether (sulfide) groups is 1. The van der Waals surface area contributed by atoms with Gasteiger partial charge in [-0.05, 0) is 30.0 Å². The molecule has 1 N–H and O–H groups in total. The van der Waals surface area contributed by atoms with E-state index in [1.807, 2.05) is 48.7 Å². The van der Waals surface area contributed by atoms with Gasteiger partial charge in [0.15, 0.2) is 0 Å². The molecule has 2 heterocycles. The van der Waals surface area contributed by atoms with Crippen molar-refractivity contribution in [1.29, 1.82) is 0 Å². The van der Waals surface area contributed by atoms with E-state index in [9.17, 15) is 4.79 Å². The number of amides is 1. The highest BCUT2D eigenvalue weighted by atomic mass is 32.2. The van der Waals surface area contributed by atoms with E-state index in [0.29, 0.717) is 23.2 Å². The van der Waals surface area contributed by atoms with E-state index < -0.39 is 0 Å². The van der Waals surface area contributed by atoms with Crippen LogP contribution >= 0.6 is 23.1 Å². The zero-order valence-electron chi connectivity index (χ0n) is 12.5. The van der Waals surface area contributed by atoms with Crippen molar-refractivity contribution in [2.45, 2.75) is 12.7 Å². The van der Waals surface area contributed by atoms with Gasteiger partial charge in [0.2, 0.25) is 17.6 Å². The van der Waals surface area contributed by atoms with Gasteiger partial charge in [-0.2, -0.15) is 4.98 Å². The van der Waals surface area contributed by atoms with Crippen molar-refractivity contribution in [1.82, 2.24) is 10.1 Å². The van der Waals surface area contributed by atoms with Crippen LogP contribution in [0.25, 0.3) is 10.7 Å². The number of thiophene rings is 1. The molecule has 1 amide bonds. The zero-order chi connectivity index (χ0) is 16.1. The number of benzene rings is 1. The maximum Gasteiger partial charge on any atom is 0.236 e. The molecule has 1 aromatic carbocycles. The lowest BCUT2D eigenvalue weighted by Crippen LogP contribution is -2.14. The highest BCUT2D eigenvalue weighted by Crippen LogP contribution is 2.22. The summed E-state index contributed by atoms with van der Waals surface area (Å²) in [5, 5.41) is 8.81. The van der Waals surface area contributed by atoms with Gasteiger partial charge in [-0.25, -0.2) is 0 Å². The van der Waals surface area contributed by atoms with Gasteiger partial charge in [0, 0.05) is 5.69 Å². The maximum atomic E-state index is 11.9. The van der Waals surface area contributed by atoms with E-state index in [-0.39, 0.29) is 5.91 Å². The summed E-state index contributed by atoms with van der Waals surface area (Å²) in [6.45, 7) is 1.97. The number of nitrogens with one attached hydrogen (secondary N) is 1. The molecule has 3 rings (SSSR count). The Kier molecular flexibility index (Phi) is 5.09. The smallest absolute Gasteiger partial charge is 0.236 e. The molecule has 0 atom stereocenters. The molecule has 0 unspecified atom stereocenters. The third kappa shape index (κ3) is 4.20. The van der Waals surface area contributed by atoms with E-state index in [1.165, 1.54) is 11.8 Å². The molecule has 2 aromatic heterocycles. The van der Waals surface area contributed by atoms with Crippen molar-refractivity contribution >= 4 is 34.7 Å². The van der Waals surface area contributed by atoms with Crippen LogP contribution < -0.4 is 5.32 Å². The first-order valence-electron chi connectivity index (χ1n) is 7.02. The summed E-state index contributed by atoms with van der Waals surface area (Å²) in [5.41, 5.74) is 1.89. The van der Waals surface area contributed by atoms with Crippen LogP contribution in [0.1, 0.15) is 11.5 Å². The topological polar surface area (TPSA) is 68.0 Å². The number of carbonyl (C=O) groups excluding carboxylic acids is 1. The Hall–Kier alpha value is -2.12. The second-order valence-electron chi connectivity index (χ2n) is 4.84. The van der Waals surface area contributed by atoms with Gasteiger partial charge in [-0.15, -0.1) is 23.1 Å². The molecule has 0 spiro atoms. The lowest BCUT2D eigenvalue weighted by atomic mass is 10.2. The van der Waals surface area contributed by atoms with Crippen LogP contribution in [0.3, 0.4) is 0 Å². The predicted octanol–water partition coefficient (Wildman–Crippen LogP) is 3.98. The first-order valence-corrected chi connectivity index (χ1v) is 9.05. The van der Waals surface area contributed by atoms with E-state index in [0.717, 1.165) is 16.1 Å². The first kappa shape index (κ1) is 15.8. The fourth-order valence-corrected chi connectivity index (χ4v) is 3.25. The lowest BCUT2D eigenvalue weighted by molar-refractivity contribution is -0.113. The summed E-state index contributed by atoms with van der Waals surface area (Å²) in [6, 6.07) is 11.6. The Balaban J connectivity index is 1.48. The summed E-state index contributed by atoms with van der Waals surface area (Å²) >= 11 is 3.01. The van der Waals surface area contributed by atoms with E-state index in [2.05, 4.69) is 15.5 Å². The summed E-state index contributed by atoms with van der Waals surface area (Å²) in [7, 11) is 0. The van der Waals surface area contributed by atoms with Crippen LogP contribution in [0.2, 0.25) is 0 Å². The van der Waals surface area contributed by atoms with Crippen molar-refractivity contribution in [3.63, 3.8) is 0 Å². The second-order valence-corrected chi connectivity index (χ2v) is 6.78. The molecule has 0 radical (unpaired) electrons. The third-order valence-corrected chi connectivity index (χ3v) is 4.87. The normalized spacial score (nSPS) is 10.7. The number of nitrogens with zero attached hydrogens (tertiary/aromatic N) is 2. The minimum absolute atomic E-state index is 0.0395. The van der Waals surface area contributed by atoms with Crippen LogP contribution in [0.5, 0.6) is 0 Å². The van der Waals surface area contributed by atoms with E-state index in [1.54, 1.807) is 11.3 Å². The molecule has 0 aliphatic heterocycles. The molecular weight excluding hydrogens is 330 g/mol. The monoisotopic (exact) mass is 345 g/mol. The molecule has 118 valence electrons. The van der Waals surface area contributed by atoms with Gasteiger partial charge < -0.3 is 9.84 Å². The molecule has 5 nitrogen and oxygen atoms in total. The van der Waals surface area contributed by atoms with Gasteiger partial charge in [-0.1, -0.05) is 29.4 Å². The Morgan fingerprint density at radius 2 is 2.17 bits per heavy atom. The van der Waals surface area contributed by atoms with Crippen molar-refractivity contribution in [2.24, 2.45) is 0 Å². The van der Waals surface area contributed by atoms with Crippen molar-refractivity contribution in [3.05, 3.63) is 53.2 Å². The molecule has 0 bridgehead atoms. The Bertz CT molecular complexity index is 784. The largest absolute Gasteiger partial charge is 0.338 e. The highest BCUT2D eigenvalue weighted by Gasteiger charge is 2.10. The minimum Gasteiger partial charge on any atom is -0.338 e.